The van der Waals surface area contributed by atoms with Crippen LogP contribution in [0.1, 0.15) is 12.8 Å². The third kappa shape index (κ3) is 3.03. The molecule has 0 spiro atoms. The normalized spacial score (nSPS) is 22.2. The summed E-state index contributed by atoms with van der Waals surface area (Å²) in [6.07, 6.45) is 5.01. The van der Waals surface area contributed by atoms with Crippen molar-refractivity contribution in [3.63, 3.8) is 0 Å². The van der Waals surface area contributed by atoms with E-state index in [1.807, 2.05) is 0 Å². The van der Waals surface area contributed by atoms with Crippen LogP contribution in [-0.2, 0) is 0 Å². The Bertz CT molecular complexity index is 1360. The molecule has 4 N–H and O–H groups in total. The zero-order valence-electron chi connectivity index (χ0n) is 17.3. The van der Waals surface area contributed by atoms with E-state index in [1.54, 1.807) is 19.3 Å². The molecule has 6 rings (SSSR count). The number of aromatic amines is 1. The molecule has 3 atom stereocenters. The van der Waals surface area contributed by atoms with Gasteiger partial charge in [0.15, 0.2) is 5.75 Å². The van der Waals surface area contributed by atoms with Gasteiger partial charge in [0.1, 0.15) is 17.3 Å². The van der Waals surface area contributed by atoms with Crippen LogP contribution in [-0.4, -0.2) is 45.6 Å². The number of halogens is 2. The summed E-state index contributed by atoms with van der Waals surface area (Å²) in [5.74, 6) is 1.24. The highest BCUT2D eigenvalue weighted by molar-refractivity contribution is 6.30. The second kappa shape index (κ2) is 7.18. The predicted molar refractivity (Wildman–Crippen MR) is 122 cm³/mol. The van der Waals surface area contributed by atoms with Crippen molar-refractivity contribution in [2.45, 2.75) is 24.9 Å². The number of pyridine rings is 1. The van der Waals surface area contributed by atoms with Gasteiger partial charge in [-0.3, -0.25) is 4.98 Å². The molecule has 2 aliphatic rings. The maximum Gasteiger partial charge on any atom is 0.326 e. The van der Waals surface area contributed by atoms with Crippen molar-refractivity contribution in [3.05, 3.63) is 41.4 Å². The summed E-state index contributed by atoms with van der Waals surface area (Å²) in [5, 5.41) is 5.00. The fraction of sp³-hybridized carbons (Fsp3) is 0.318. The summed E-state index contributed by atoms with van der Waals surface area (Å²) >= 11 is 6.05. The molecule has 2 bridgehead atoms. The molecule has 1 saturated carbocycles. The van der Waals surface area contributed by atoms with Crippen molar-refractivity contribution in [1.82, 2.24) is 19.9 Å². The predicted octanol–water partition coefficient (Wildman–Crippen LogP) is 4.06. The molecule has 1 saturated heterocycles. The molecular weight excluding hydrogens is 433 g/mol. The van der Waals surface area contributed by atoms with Crippen LogP contribution in [0.3, 0.4) is 0 Å². The number of nitrogens with one attached hydrogen (secondary N) is 2. The van der Waals surface area contributed by atoms with Crippen molar-refractivity contribution in [3.8, 4) is 11.8 Å². The number of hydrogen-bond acceptors (Lipinski definition) is 7. The SMILES string of the molecule is CNc1cc(F)cc2c1[nH]c1nc(Oc3cncc(Cl)c3)nc(N3C[C@@H]4C[C@H]3C[C@@H]4N)c12. The van der Waals surface area contributed by atoms with Crippen LogP contribution in [0.25, 0.3) is 21.9 Å². The molecule has 2 fully saturated rings. The van der Waals surface area contributed by atoms with Gasteiger partial charge in [-0.1, -0.05) is 11.6 Å². The number of fused-ring (bicyclic) bond motifs is 5. The lowest BCUT2D eigenvalue weighted by atomic mass is 10.0. The molecule has 3 aromatic heterocycles. The summed E-state index contributed by atoms with van der Waals surface area (Å²) in [6.45, 7) is 0.803. The lowest BCUT2D eigenvalue weighted by Crippen LogP contribution is -2.41. The van der Waals surface area contributed by atoms with Gasteiger partial charge in [-0.15, -0.1) is 0 Å². The van der Waals surface area contributed by atoms with Gasteiger partial charge < -0.3 is 25.7 Å². The first-order chi connectivity index (χ1) is 15.5. The van der Waals surface area contributed by atoms with Crippen LogP contribution in [0.5, 0.6) is 11.8 Å². The lowest BCUT2D eigenvalue weighted by Gasteiger charge is -2.31. The van der Waals surface area contributed by atoms with E-state index in [4.69, 9.17) is 27.1 Å². The Kier molecular flexibility index (Phi) is 4.38. The summed E-state index contributed by atoms with van der Waals surface area (Å²) in [4.78, 5) is 19.0. The highest BCUT2D eigenvalue weighted by Gasteiger charge is 2.44. The molecule has 1 aliphatic heterocycles. The van der Waals surface area contributed by atoms with Crippen LogP contribution in [0.2, 0.25) is 5.02 Å². The van der Waals surface area contributed by atoms with Gasteiger partial charge in [-0.05, 0) is 30.9 Å². The number of nitrogens with two attached hydrogens (primary N) is 1. The van der Waals surface area contributed by atoms with E-state index >= 15 is 0 Å². The Morgan fingerprint density at radius 3 is 2.84 bits per heavy atom. The molecular formula is C22H21ClFN7O. The fourth-order valence-electron chi connectivity index (χ4n) is 5.08. The van der Waals surface area contributed by atoms with Crippen LogP contribution in [0.15, 0.2) is 30.6 Å². The number of H-pyrrole nitrogens is 1. The standard InChI is InChI=1S/C22H21ClFN7O/c1-26-17-5-12(24)4-15-18-20(28-19(15)17)29-22(32-14-3-11(23)7-27-8-14)30-21(18)31-9-10-2-13(31)6-16(10)25/h3-5,7-8,10,13,16,26H,2,6,9,25H2,1H3,(H,28,29,30)/t10-,13-,16-/m0/s1. The molecule has 1 aromatic carbocycles. The molecule has 8 nitrogen and oxygen atoms in total. The van der Waals surface area contributed by atoms with Gasteiger partial charge in [0.25, 0.3) is 0 Å². The first-order valence-corrected chi connectivity index (χ1v) is 10.9. The topological polar surface area (TPSA) is 105 Å². The van der Waals surface area contributed by atoms with Crippen molar-refractivity contribution in [1.29, 1.82) is 0 Å². The second-order valence-electron chi connectivity index (χ2n) is 8.45. The first-order valence-electron chi connectivity index (χ1n) is 10.5. The molecule has 0 unspecified atom stereocenters. The van der Waals surface area contributed by atoms with Crippen LogP contribution in [0, 0.1) is 11.7 Å². The Labute approximate surface area is 187 Å². The molecule has 0 amide bonds. The number of benzene rings is 1. The van der Waals surface area contributed by atoms with Gasteiger partial charge in [-0.25, -0.2) is 4.39 Å². The van der Waals surface area contributed by atoms with Crippen molar-refractivity contribution >= 4 is 45.0 Å². The van der Waals surface area contributed by atoms with Crippen LogP contribution >= 0.6 is 11.6 Å². The van der Waals surface area contributed by atoms with Crippen molar-refractivity contribution < 1.29 is 9.13 Å². The maximum absolute atomic E-state index is 14.4. The van der Waals surface area contributed by atoms with Crippen LogP contribution < -0.4 is 20.7 Å². The minimum absolute atomic E-state index is 0.168. The number of rotatable bonds is 4. The van der Waals surface area contributed by atoms with E-state index < -0.39 is 0 Å². The molecule has 32 heavy (non-hydrogen) atoms. The highest BCUT2D eigenvalue weighted by Crippen LogP contribution is 2.44. The van der Waals surface area contributed by atoms with Gasteiger partial charge in [0, 0.05) is 43.3 Å². The summed E-state index contributed by atoms with van der Waals surface area (Å²) < 4.78 is 20.4. The lowest BCUT2D eigenvalue weighted by molar-refractivity contribution is 0.438. The zero-order valence-corrected chi connectivity index (χ0v) is 18.0. The zero-order chi connectivity index (χ0) is 22.0. The smallest absolute Gasteiger partial charge is 0.326 e. The van der Waals surface area contributed by atoms with Crippen LogP contribution in [0.4, 0.5) is 15.9 Å². The fourth-order valence-corrected chi connectivity index (χ4v) is 5.25. The minimum Gasteiger partial charge on any atom is -0.422 e. The van der Waals surface area contributed by atoms with E-state index in [0.29, 0.717) is 28.0 Å². The first kappa shape index (κ1) is 19.5. The number of aromatic nitrogens is 4. The average molecular weight is 454 g/mol. The summed E-state index contributed by atoms with van der Waals surface area (Å²) in [7, 11) is 1.76. The molecule has 164 valence electrons. The highest BCUT2D eigenvalue weighted by atomic mass is 35.5. The Balaban J connectivity index is 1.56. The summed E-state index contributed by atoms with van der Waals surface area (Å²) in [6, 6.07) is 5.29. The number of piperidine rings is 1. The van der Waals surface area contributed by atoms with E-state index in [9.17, 15) is 4.39 Å². The largest absolute Gasteiger partial charge is 0.422 e. The quantitative estimate of drug-likeness (QED) is 0.428. The monoisotopic (exact) mass is 453 g/mol. The average Bonchev–Trinajstić information content (AvgIpc) is 3.44. The number of nitrogens with zero attached hydrogens (tertiary/aromatic N) is 4. The van der Waals surface area contributed by atoms with Crippen molar-refractivity contribution in [2.75, 3.05) is 23.8 Å². The van der Waals surface area contributed by atoms with E-state index in [0.717, 1.165) is 41.5 Å². The third-order valence-electron chi connectivity index (χ3n) is 6.51. The molecule has 0 radical (unpaired) electrons. The van der Waals surface area contributed by atoms with Crippen molar-refractivity contribution in [2.24, 2.45) is 11.7 Å². The number of ether oxygens (including phenoxy) is 1. The van der Waals surface area contributed by atoms with E-state index in [1.165, 1.54) is 18.3 Å². The Hall–Kier alpha value is -3.17. The second-order valence-corrected chi connectivity index (χ2v) is 8.88. The van der Waals surface area contributed by atoms with Gasteiger partial charge >= 0.3 is 6.01 Å². The van der Waals surface area contributed by atoms with E-state index in [2.05, 4.69) is 25.2 Å². The van der Waals surface area contributed by atoms with Gasteiger partial charge in [-0.2, -0.15) is 9.97 Å². The van der Waals surface area contributed by atoms with E-state index in [-0.39, 0.29) is 23.9 Å². The maximum atomic E-state index is 14.4. The molecule has 1 aliphatic carbocycles. The van der Waals surface area contributed by atoms with Gasteiger partial charge in [0.05, 0.1) is 27.8 Å². The number of hydrogen-bond donors (Lipinski definition) is 3. The molecule has 4 aromatic rings. The molecule has 10 heteroatoms. The van der Waals surface area contributed by atoms with Gasteiger partial charge in [0.2, 0.25) is 0 Å². The third-order valence-corrected chi connectivity index (χ3v) is 6.72. The Morgan fingerprint density at radius 1 is 1.25 bits per heavy atom. The Morgan fingerprint density at radius 2 is 2.12 bits per heavy atom. The molecule has 4 heterocycles. The minimum atomic E-state index is -0.330. The summed E-state index contributed by atoms with van der Waals surface area (Å²) in [5.41, 5.74) is 8.27. The number of anilines is 2.